The van der Waals surface area contributed by atoms with Gasteiger partial charge in [-0.3, -0.25) is 0 Å². The van der Waals surface area contributed by atoms with Gasteiger partial charge in [-0.05, 0) is 120 Å². The van der Waals surface area contributed by atoms with Crippen LogP contribution in [0, 0.1) is 47.7 Å². The Morgan fingerprint density at radius 1 is 0.493 bits per heavy atom. The Morgan fingerprint density at radius 2 is 1.01 bits per heavy atom. The summed E-state index contributed by atoms with van der Waals surface area (Å²) in [5.41, 5.74) is 16.2. The third-order valence-corrected chi connectivity index (χ3v) is 12.8. The van der Waals surface area contributed by atoms with Crippen LogP contribution in [-0.2, 0) is 20.1 Å². The van der Waals surface area contributed by atoms with Crippen molar-refractivity contribution in [3.8, 4) is 101 Å². The third kappa shape index (κ3) is 8.04. The first-order valence-electron chi connectivity index (χ1n) is 24.0. The van der Waals surface area contributed by atoms with Crippen molar-refractivity contribution >= 4 is 27.5 Å². The number of pyridine rings is 4. The molecule has 0 spiro atoms. The fraction of sp³-hybridized carbons (Fsp3) is 0.0159. The topological polar surface area (TPSA) is 104 Å². The van der Waals surface area contributed by atoms with E-state index in [4.69, 9.17) is 24.0 Å². The Labute approximate surface area is 428 Å². The predicted molar refractivity (Wildman–Crippen MR) is 278 cm³/mol. The van der Waals surface area contributed by atoms with E-state index in [2.05, 4.69) is 72.8 Å². The van der Waals surface area contributed by atoms with Gasteiger partial charge in [0.1, 0.15) is 5.65 Å². The first kappa shape index (κ1) is 40.9. The minimum Gasteiger partial charge on any atom is -0.342 e. The summed E-state index contributed by atoms with van der Waals surface area (Å²) in [7, 11) is 0. The second-order valence-electron chi connectivity index (χ2n) is 16.8. The van der Waals surface area contributed by atoms with E-state index in [0.717, 1.165) is 72.3 Å². The zero-order valence-electron chi connectivity index (χ0n) is 40.5. The van der Waals surface area contributed by atoms with Crippen LogP contribution >= 0.6 is 0 Å². The van der Waals surface area contributed by atoms with E-state index in [-0.39, 0.29) is 25.7 Å². The number of aromatic nitrogens is 5. The van der Waals surface area contributed by atoms with Crippen LogP contribution < -0.4 is 0 Å². The molecule has 0 saturated heterocycles. The van der Waals surface area contributed by atoms with Crippen LogP contribution in [0.25, 0.3) is 117 Å². The van der Waals surface area contributed by atoms with Crippen molar-refractivity contribution < 1.29 is 24.2 Å². The Balaban J connectivity index is 0.00000588. The summed E-state index contributed by atoms with van der Waals surface area (Å²) in [5, 5.41) is 20.3. The molecule has 332 valence electrons. The van der Waals surface area contributed by atoms with E-state index in [1.54, 1.807) is 48.8 Å². The summed E-state index contributed by atoms with van der Waals surface area (Å²) in [5.74, 6) is 0. The molecule has 12 aromatic rings. The number of imidazole rings is 1. The van der Waals surface area contributed by atoms with Crippen LogP contribution in [0.3, 0.4) is 0 Å². The normalized spacial score (nSPS) is 11.8. The number of hydrogen-bond acceptors (Lipinski definition) is 6. The molecular formula is C63H36IrN7. The molecule has 5 heterocycles. The molecule has 0 unspecified atom stereocenters. The van der Waals surface area contributed by atoms with E-state index in [9.17, 15) is 10.5 Å². The molecule has 7 nitrogen and oxygen atoms in total. The molecule has 71 heavy (non-hydrogen) atoms. The fourth-order valence-electron chi connectivity index (χ4n) is 9.45. The molecule has 0 fully saturated rings. The van der Waals surface area contributed by atoms with Crippen molar-refractivity contribution in [2.24, 2.45) is 0 Å². The van der Waals surface area contributed by atoms with E-state index in [1.807, 2.05) is 114 Å². The quantitative estimate of drug-likeness (QED) is 0.111. The zero-order chi connectivity index (χ0) is 49.6. The largest absolute Gasteiger partial charge is 3.00 e. The Morgan fingerprint density at radius 3 is 1.52 bits per heavy atom. The van der Waals surface area contributed by atoms with Crippen molar-refractivity contribution in [2.75, 3.05) is 0 Å². The summed E-state index contributed by atoms with van der Waals surface area (Å²) < 4.78 is 29.3. The minimum atomic E-state index is -2.57. The first-order chi connectivity index (χ1) is 35.7. The number of nitrogens with zero attached hydrogens (tertiary/aromatic N) is 7. The number of fused-ring (bicyclic) bond motifs is 6. The van der Waals surface area contributed by atoms with Crippen LogP contribution in [0.1, 0.15) is 20.8 Å². The van der Waals surface area contributed by atoms with E-state index >= 15 is 0 Å². The molecule has 0 amide bonds. The molecule has 0 bridgehead atoms. The Kier molecular flexibility index (Phi) is 10.8. The molecule has 0 N–H and O–H groups in total. The molecular weight excluding hydrogens is 1050 g/mol. The molecule has 7 aromatic carbocycles. The van der Waals surface area contributed by atoms with E-state index in [1.165, 1.54) is 0 Å². The fourth-order valence-corrected chi connectivity index (χ4v) is 9.45. The van der Waals surface area contributed by atoms with Gasteiger partial charge >= 0.3 is 20.1 Å². The molecule has 12 rings (SSSR count). The van der Waals surface area contributed by atoms with Crippen molar-refractivity contribution in [3.63, 3.8) is 0 Å². The van der Waals surface area contributed by atoms with Gasteiger partial charge in [0, 0.05) is 51.6 Å². The maximum absolute atomic E-state index is 9.55. The minimum absolute atomic E-state index is 0. The molecule has 0 atom stereocenters. The molecule has 0 saturated carbocycles. The zero-order valence-corrected chi connectivity index (χ0v) is 39.9. The van der Waals surface area contributed by atoms with Crippen LogP contribution in [-0.4, -0.2) is 24.3 Å². The maximum atomic E-state index is 9.55. The average Bonchev–Trinajstić information content (AvgIpc) is 3.96. The Hall–Kier alpha value is -9.17. The van der Waals surface area contributed by atoms with Gasteiger partial charge in [-0.1, -0.05) is 97.1 Å². The summed E-state index contributed by atoms with van der Waals surface area (Å²) >= 11 is 0. The number of hydrogen-bond donors (Lipinski definition) is 0. The van der Waals surface area contributed by atoms with Crippen molar-refractivity contribution in [2.45, 2.75) is 6.85 Å². The third-order valence-electron chi connectivity index (χ3n) is 12.8. The number of aryl methyl sites for hydroxylation is 1. The smallest absolute Gasteiger partial charge is 0.342 e. The predicted octanol–water partition coefficient (Wildman–Crippen LogP) is 14.6. The summed E-state index contributed by atoms with van der Waals surface area (Å²) in [6.45, 7) is -2.57. The molecule has 8 heteroatoms. The van der Waals surface area contributed by atoms with Gasteiger partial charge in [-0.15, -0.1) is 89.3 Å². The van der Waals surface area contributed by atoms with Crippen LogP contribution in [0.4, 0.5) is 0 Å². The summed E-state index contributed by atoms with van der Waals surface area (Å²) in [6.07, 6.45) is 8.91. The molecule has 0 aliphatic carbocycles. The van der Waals surface area contributed by atoms with Crippen LogP contribution in [0.5, 0.6) is 0 Å². The van der Waals surface area contributed by atoms with Gasteiger partial charge < -0.3 is 19.4 Å². The average molecular weight is 1090 g/mol. The second kappa shape index (κ2) is 18.7. The van der Waals surface area contributed by atoms with E-state index in [0.29, 0.717) is 55.6 Å². The van der Waals surface area contributed by atoms with Crippen molar-refractivity contribution in [1.29, 1.82) is 10.5 Å². The molecule has 0 radical (unpaired) electrons. The standard InChI is InChI=1S/C63H36N7.Ir/c1-40-57(39-69-62-56-22-8-9-23-60(56)70-29-28-66-63(70)61(40)62)55-21-7-6-20-54(55)49-33-47(52-18-4-2-16-50(52)45-24-26-58(67-37-45)43-14-10-12-41(30-43)35-64)32-48(34-49)53-19-5-3-17-51(53)46-25-27-59(68-38-46)44-15-11-13-42(31-44)36-65;/h2-13,16-21,23-34,37-39H,1H3;/q-3;+3/i1D3;. The first-order valence-corrected chi connectivity index (χ1v) is 22.5. The van der Waals surface area contributed by atoms with Gasteiger partial charge in [0.15, 0.2) is 0 Å². The SMILES string of the molecule is [2H]C([2H])([2H])c1c(-c2ccccc2-c2cc(-c3ccccc3-c3ccc(-c4[c-]ccc(C#N)c4)nc3)cc(-c3ccccc3-c3ccc(-c4[c-]ccc(C#N)c4)nc3)c2)cnc2c3[c-]cccc3n3ccnc3c12.[Ir+3]. The molecule has 5 aromatic heterocycles. The van der Waals surface area contributed by atoms with Gasteiger partial charge in [-0.25, -0.2) is 4.98 Å². The van der Waals surface area contributed by atoms with Gasteiger partial charge in [0.2, 0.25) is 0 Å². The van der Waals surface area contributed by atoms with Gasteiger partial charge in [-0.2, -0.15) is 10.5 Å². The number of benzene rings is 7. The van der Waals surface area contributed by atoms with E-state index < -0.39 is 6.85 Å². The van der Waals surface area contributed by atoms with Crippen molar-refractivity contribution in [3.05, 3.63) is 236 Å². The Bertz CT molecular complexity index is 4070. The molecule has 0 aliphatic rings. The van der Waals surface area contributed by atoms with Gasteiger partial charge in [0.05, 0.1) is 12.1 Å². The number of rotatable bonds is 8. The maximum Gasteiger partial charge on any atom is 3.00 e. The summed E-state index contributed by atoms with van der Waals surface area (Å²) in [6, 6.07) is 69.1. The summed E-state index contributed by atoms with van der Waals surface area (Å²) in [4.78, 5) is 19.5. The second-order valence-corrected chi connectivity index (χ2v) is 16.8. The van der Waals surface area contributed by atoms with Crippen LogP contribution in [0.15, 0.2) is 201 Å². The van der Waals surface area contributed by atoms with Crippen molar-refractivity contribution in [1.82, 2.24) is 24.3 Å². The number of nitriles is 2. The van der Waals surface area contributed by atoms with Crippen LogP contribution in [0.2, 0.25) is 0 Å². The monoisotopic (exact) mass is 1090 g/mol. The molecule has 0 aliphatic heterocycles. The van der Waals surface area contributed by atoms with Gasteiger partial charge in [0.25, 0.3) is 0 Å².